The lowest BCUT2D eigenvalue weighted by atomic mass is 10.2. The number of alkyl halides is 7. The third-order valence-corrected chi connectivity index (χ3v) is 5.29. The molecule has 1 aromatic rings. The number of benzene rings is 1. The molecule has 22 heavy (non-hydrogen) atoms. The third kappa shape index (κ3) is 3.96. The van der Waals surface area contributed by atoms with Crippen molar-refractivity contribution in [2.24, 2.45) is 0 Å². The number of rotatable bonds is 4. The molecule has 1 unspecified atom stereocenters. The van der Waals surface area contributed by atoms with Gasteiger partial charge in [0.25, 0.3) is 0 Å². The summed E-state index contributed by atoms with van der Waals surface area (Å²) in [6.07, 6.45) is 0. The first-order valence-corrected chi connectivity index (χ1v) is 8.46. The van der Waals surface area contributed by atoms with Crippen molar-refractivity contribution >= 4 is 81.3 Å². The van der Waals surface area contributed by atoms with Crippen LogP contribution in [0.5, 0.6) is 5.75 Å². The van der Waals surface area contributed by atoms with Crippen LogP contribution in [0.1, 0.15) is 0 Å². The van der Waals surface area contributed by atoms with Crippen molar-refractivity contribution in [2.75, 3.05) is 0 Å². The second-order valence-electron chi connectivity index (χ2n) is 3.73. The Balaban J connectivity index is 3.18. The lowest BCUT2D eigenvalue weighted by molar-refractivity contribution is -0.194. The molecule has 1 rings (SSSR count). The van der Waals surface area contributed by atoms with Gasteiger partial charge in [-0.1, -0.05) is 15.9 Å². The van der Waals surface area contributed by atoms with E-state index >= 15 is 0 Å². The van der Waals surface area contributed by atoms with E-state index in [1.54, 1.807) is 0 Å². The fourth-order valence-electron chi connectivity index (χ4n) is 1.09. The van der Waals surface area contributed by atoms with Gasteiger partial charge in [0.15, 0.2) is 5.75 Å². The van der Waals surface area contributed by atoms with Crippen LogP contribution in [0, 0.1) is 0 Å². The molecule has 1 atom stereocenters. The van der Waals surface area contributed by atoms with Gasteiger partial charge in [-0.15, -0.1) is 0 Å². The van der Waals surface area contributed by atoms with E-state index in [2.05, 4.69) is 64.1 Å². The van der Waals surface area contributed by atoms with E-state index in [9.17, 15) is 26.7 Å². The standard InChI is InChI=1S/C10H2Br4ClF5O2/c11-3-1-4(12)6(5(13)2-3)22-7(21)8(16,17)9(14,18)10(15,19)20/h1-2H. The fourth-order valence-corrected chi connectivity index (χ4v) is 3.79. The Bertz CT molecular complexity index is 582. The van der Waals surface area contributed by atoms with Crippen LogP contribution in [0.3, 0.4) is 0 Å². The highest BCUT2D eigenvalue weighted by Crippen LogP contribution is 2.51. The van der Waals surface area contributed by atoms with E-state index in [1.807, 2.05) is 0 Å². The van der Waals surface area contributed by atoms with Crippen molar-refractivity contribution in [3.63, 3.8) is 0 Å². The van der Waals surface area contributed by atoms with Crippen molar-refractivity contribution in [3.8, 4) is 5.75 Å². The van der Waals surface area contributed by atoms with E-state index in [0.717, 1.165) is 0 Å². The molecule has 0 heterocycles. The molecule has 2 nitrogen and oxygen atoms in total. The van der Waals surface area contributed by atoms with Crippen molar-refractivity contribution in [1.29, 1.82) is 0 Å². The molecule has 124 valence electrons. The minimum Gasteiger partial charge on any atom is -0.420 e. The molecular weight excluding hydrogens is 602 g/mol. The maximum Gasteiger partial charge on any atom is 0.393 e. The van der Waals surface area contributed by atoms with Crippen molar-refractivity contribution in [2.45, 2.75) is 15.9 Å². The summed E-state index contributed by atoms with van der Waals surface area (Å²) in [6, 6.07) is 2.66. The molecule has 0 saturated carbocycles. The highest BCUT2D eigenvalue weighted by Gasteiger charge is 2.73. The predicted octanol–water partition coefficient (Wildman–Crippen LogP) is 6.41. The number of hydrogen-bond donors (Lipinski definition) is 0. The maximum absolute atomic E-state index is 13.6. The number of halogens is 10. The molecule has 0 radical (unpaired) electrons. The Morgan fingerprint density at radius 3 is 1.82 bits per heavy atom. The molecular formula is C10H2Br4ClF5O2. The van der Waals surface area contributed by atoms with Gasteiger partial charge in [0.1, 0.15) is 0 Å². The van der Waals surface area contributed by atoms with Crippen LogP contribution >= 0.6 is 75.3 Å². The van der Waals surface area contributed by atoms with Gasteiger partial charge in [0.05, 0.1) is 8.95 Å². The van der Waals surface area contributed by atoms with E-state index in [4.69, 9.17) is 0 Å². The Labute approximate surface area is 159 Å². The monoisotopic (exact) mass is 600 g/mol. The molecule has 0 bridgehead atoms. The van der Waals surface area contributed by atoms with E-state index in [0.29, 0.717) is 4.47 Å². The van der Waals surface area contributed by atoms with Gasteiger partial charge in [-0.25, -0.2) is 9.18 Å². The second kappa shape index (κ2) is 6.81. The van der Waals surface area contributed by atoms with Gasteiger partial charge >= 0.3 is 21.9 Å². The lowest BCUT2D eigenvalue weighted by Gasteiger charge is -2.29. The Kier molecular flexibility index (Phi) is 6.38. The molecule has 0 aliphatic carbocycles. The summed E-state index contributed by atoms with van der Waals surface area (Å²) in [5.74, 6) is -8.28. The van der Waals surface area contributed by atoms with Gasteiger partial charge in [-0.3, -0.25) is 0 Å². The first kappa shape index (κ1) is 20.6. The minimum atomic E-state index is -5.27. The molecule has 0 fully saturated rings. The average Bonchev–Trinajstić information content (AvgIpc) is 2.31. The number of hydrogen-bond acceptors (Lipinski definition) is 2. The van der Waals surface area contributed by atoms with Crippen molar-refractivity contribution in [3.05, 3.63) is 25.6 Å². The first-order chi connectivity index (χ1) is 9.71. The minimum absolute atomic E-state index is 0.0366. The average molecular weight is 604 g/mol. The molecule has 12 heteroatoms. The van der Waals surface area contributed by atoms with Crippen LogP contribution in [0.4, 0.5) is 22.0 Å². The molecule has 1 aromatic carbocycles. The summed E-state index contributed by atoms with van der Waals surface area (Å²) < 4.78 is 66.3. The van der Waals surface area contributed by atoms with Crippen LogP contribution in [0.15, 0.2) is 25.6 Å². The van der Waals surface area contributed by atoms with E-state index in [-0.39, 0.29) is 8.95 Å². The fraction of sp³-hybridized carbons (Fsp3) is 0.300. The zero-order valence-corrected chi connectivity index (χ0v) is 16.9. The topological polar surface area (TPSA) is 26.3 Å². The zero-order valence-electron chi connectivity index (χ0n) is 9.75. The molecule has 0 N–H and O–H groups in total. The third-order valence-electron chi connectivity index (χ3n) is 2.16. The largest absolute Gasteiger partial charge is 0.420 e. The highest BCUT2D eigenvalue weighted by molar-refractivity contribution is 9.11. The first-order valence-electron chi connectivity index (χ1n) is 4.91. The Morgan fingerprint density at radius 1 is 1.05 bits per heavy atom. The predicted molar refractivity (Wildman–Crippen MR) is 83.7 cm³/mol. The Hall–Kier alpha value is 0.550. The van der Waals surface area contributed by atoms with Gasteiger partial charge in [0.2, 0.25) is 0 Å². The summed E-state index contributed by atoms with van der Waals surface area (Å²) in [5, 5.41) is -5.07. The summed E-state index contributed by atoms with van der Waals surface area (Å²) in [5.41, 5.74) is 0. The Morgan fingerprint density at radius 2 is 1.45 bits per heavy atom. The molecule has 0 aliphatic heterocycles. The summed E-state index contributed by atoms with van der Waals surface area (Å²) in [7, 11) is 0. The molecule has 0 spiro atoms. The SMILES string of the molecule is O=C(Oc1c(Br)cc(Br)cc1Br)C(F)(F)C(F)(Br)C(F)(F)Cl. The smallest absolute Gasteiger partial charge is 0.393 e. The van der Waals surface area contributed by atoms with E-state index in [1.165, 1.54) is 28.1 Å². The van der Waals surface area contributed by atoms with Crippen LogP contribution < -0.4 is 4.74 Å². The molecule has 0 saturated heterocycles. The number of esters is 1. The van der Waals surface area contributed by atoms with Gasteiger partial charge in [-0.2, -0.15) is 17.6 Å². The van der Waals surface area contributed by atoms with Crippen LogP contribution in [-0.2, 0) is 4.79 Å². The van der Waals surface area contributed by atoms with Gasteiger partial charge < -0.3 is 4.74 Å². The highest BCUT2D eigenvalue weighted by atomic mass is 79.9. The summed E-state index contributed by atoms with van der Waals surface area (Å²) in [6.45, 7) is 0. The number of carbonyl (C=O) groups is 1. The molecule has 0 amide bonds. The number of carbonyl (C=O) groups excluding carboxylic acids is 1. The lowest BCUT2D eigenvalue weighted by Crippen LogP contribution is -2.55. The molecule has 0 aliphatic rings. The van der Waals surface area contributed by atoms with Crippen molar-refractivity contribution < 1.29 is 31.5 Å². The zero-order chi connectivity index (χ0) is 17.5. The number of ether oxygens (including phenoxy) is 1. The summed E-state index contributed by atoms with van der Waals surface area (Å²) >= 11 is 14.6. The van der Waals surface area contributed by atoms with Crippen LogP contribution in [0.25, 0.3) is 0 Å². The second-order valence-corrected chi connectivity index (χ2v) is 7.93. The van der Waals surface area contributed by atoms with Gasteiger partial charge in [-0.05, 0) is 71.5 Å². The van der Waals surface area contributed by atoms with E-state index < -0.39 is 27.6 Å². The normalized spacial score (nSPS) is 15.4. The van der Waals surface area contributed by atoms with Crippen LogP contribution in [-0.4, -0.2) is 21.9 Å². The van der Waals surface area contributed by atoms with Crippen LogP contribution in [0.2, 0.25) is 0 Å². The van der Waals surface area contributed by atoms with Crippen molar-refractivity contribution in [1.82, 2.24) is 0 Å². The molecule has 0 aromatic heterocycles. The quantitative estimate of drug-likeness (QED) is 0.172. The van der Waals surface area contributed by atoms with Gasteiger partial charge in [0, 0.05) is 4.47 Å². The maximum atomic E-state index is 13.6. The summed E-state index contributed by atoms with van der Waals surface area (Å²) in [4.78, 5) is 11.4.